The predicted molar refractivity (Wildman–Crippen MR) is 131 cm³/mol. The quantitative estimate of drug-likeness (QED) is 0.595. The van der Waals surface area contributed by atoms with Crippen LogP contribution < -0.4 is 19.5 Å². The van der Waals surface area contributed by atoms with Crippen molar-refractivity contribution in [2.75, 3.05) is 19.9 Å². The average molecular weight is 494 g/mol. The van der Waals surface area contributed by atoms with Gasteiger partial charge >= 0.3 is 6.03 Å². The molecule has 2 aromatic rings. The summed E-state index contributed by atoms with van der Waals surface area (Å²) in [5, 5.41) is 3.01. The molecule has 3 heterocycles. The number of fused-ring (bicyclic) bond motifs is 1. The lowest BCUT2D eigenvalue weighted by molar-refractivity contribution is -0.140. The van der Waals surface area contributed by atoms with Crippen molar-refractivity contribution in [3.8, 4) is 17.2 Å². The molecule has 4 amide bonds. The van der Waals surface area contributed by atoms with Gasteiger partial charge in [0.25, 0.3) is 11.8 Å². The molecule has 2 aromatic carbocycles. The highest BCUT2D eigenvalue weighted by Gasteiger charge is 2.55. The Morgan fingerprint density at radius 2 is 1.83 bits per heavy atom. The maximum Gasteiger partial charge on any atom is 0.325 e. The second-order valence-electron chi connectivity index (χ2n) is 9.51. The zero-order valence-corrected chi connectivity index (χ0v) is 20.6. The summed E-state index contributed by atoms with van der Waals surface area (Å²) in [7, 11) is 0. The lowest BCUT2D eigenvalue weighted by Crippen LogP contribution is -2.56. The predicted octanol–water partition coefficient (Wildman–Crippen LogP) is 3.32. The summed E-state index contributed by atoms with van der Waals surface area (Å²) in [4.78, 5) is 42.6. The molecule has 0 bridgehead atoms. The largest absolute Gasteiger partial charge is 0.481 e. The SMILES string of the molecule is CC[C@]1(C2CCN(C(=O)[C@H](C)Oc3ccccc3)CC2)NC(=O)N(Cc2ccc3c(c2)OCO3)C1=O. The molecular weight excluding hydrogens is 462 g/mol. The highest BCUT2D eigenvalue weighted by molar-refractivity contribution is 6.07. The van der Waals surface area contributed by atoms with Gasteiger partial charge in [-0.25, -0.2) is 4.79 Å². The number of amides is 4. The number of likely N-dealkylation sites (tertiary alicyclic amines) is 1. The van der Waals surface area contributed by atoms with Gasteiger partial charge in [0.15, 0.2) is 17.6 Å². The Hall–Kier alpha value is -3.75. The van der Waals surface area contributed by atoms with E-state index in [1.54, 1.807) is 24.0 Å². The van der Waals surface area contributed by atoms with Crippen molar-refractivity contribution in [2.24, 2.45) is 5.92 Å². The van der Waals surface area contributed by atoms with Gasteiger partial charge in [0.05, 0.1) is 6.54 Å². The number of urea groups is 1. The smallest absolute Gasteiger partial charge is 0.325 e. The molecule has 36 heavy (non-hydrogen) atoms. The van der Waals surface area contributed by atoms with Crippen molar-refractivity contribution in [2.45, 2.75) is 51.3 Å². The first-order valence-electron chi connectivity index (χ1n) is 12.4. The monoisotopic (exact) mass is 493 g/mol. The summed E-state index contributed by atoms with van der Waals surface area (Å²) in [6, 6.07) is 14.3. The van der Waals surface area contributed by atoms with E-state index in [1.165, 1.54) is 4.90 Å². The van der Waals surface area contributed by atoms with Crippen molar-refractivity contribution >= 4 is 17.8 Å². The summed E-state index contributed by atoms with van der Waals surface area (Å²) in [6.07, 6.45) is 1.14. The molecule has 0 spiro atoms. The van der Waals surface area contributed by atoms with Crippen molar-refractivity contribution in [1.82, 2.24) is 15.1 Å². The molecule has 2 saturated heterocycles. The van der Waals surface area contributed by atoms with E-state index in [1.807, 2.05) is 43.3 Å². The first kappa shape index (κ1) is 24.0. The fourth-order valence-corrected chi connectivity index (χ4v) is 5.42. The van der Waals surface area contributed by atoms with Crippen LogP contribution in [0.1, 0.15) is 38.7 Å². The maximum atomic E-state index is 13.6. The Morgan fingerprint density at radius 3 is 2.56 bits per heavy atom. The number of imide groups is 1. The van der Waals surface area contributed by atoms with E-state index < -0.39 is 11.6 Å². The first-order chi connectivity index (χ1) is 17.4. The van der Waals surface area contributed by atoms with Crippen LogP contribution in [0, 0.1) is 5.92 Å². The van der Waals surface area contributed by atoms with Crippen LogP contribution in [0.15, 0.2) is 48.5 Å². The maximum absolute atomic E-state index is 13.6. The van der Waals surface area contributed by atoms with Crippen LogP contribution in [0.25, 0.3) is 0 Å². The number of carbonyl (C=O) groups is 3. The van der Waals surface area contributed by atoms with E-state index >= 15 is 0 Å². The molecule has 3 aliphatic heterocycles. The number of para-hydroxylation sites is 1. The van der Waals surface area contributed by atoms with Crippen LogP contribution >= 0.6 is 0 Å². The minimum atomic E-state index is -0.964. The standard InChI is InChI=1S/C27H31N3O6/c1-3-27(20-11-13-29(14-12-20)24(31)18(2)36-21-7-5-4-6-8-21)25(32)30(26(33)28-27)16-19-9-10-22-23(15-19)35-17-34-22/h4-10,15,18,20H,3,11-14,16-17H2,1-2H3,(H,28,33)/t18-,27+/m0/s1. The summed E-state index contributed by atoms with van der Waals surface area (Å²) in [5.74, 6) is 1.58. The fraction of sp³-hybridized carbons (Fsp3) is 0.444. The number of hydrogen-bond acceptors (Lipinski definition) is 6. The number of nitrogens with one attached hydrogen (secondary N) is 1. The molecule has 190 valence electrons. The summed E-state index contributed by atoms with van der Waals surface area (Å²) in [5.41, 5.74) is -0.170. The Kier molecular flexibility index (Phi) is 6.47. The molecule has 0 aromatic heterocycles. The number of benzene rings is 2. The molecule has 2 fully saturated rings. The van der Waals surface area contributed by atoms with Gasteiger partial charge in [-0.3, -0.25) is 14.5 Å². The molecule has 1 N–H and O–H groups in total. The van der Waals surface area contributed by atoms with Gasteiger partial charge < -0.3 is 24.4 Å². The van der Waals surface area contributed by atoms with Crippen LogP contribution in [0.2, 0.25) is 0 Å². The van der Waals surface area contributed by atoms with Gasteiger partial charge in [0.2, 0.25) is 6.79 Å². The van der Waals surface area contributed by atoms with Crippen LogP contribution in [0.4, 0.5) is 4.79 Å². The molecule has 9 nitrogen and oxygen atoms in total. The van der Waals surface area contributed by atoms with Gasteiger partial charge in [-0.2, -0.15) is 0 Å². The normalized spacial score (nSPS) is 22.5. The minimum absolute atomic E-state index is 0.0601. The van der Waals surface area contributed by atoms with Gasteiger partial charge in [-0.1, -0.05) is 31.2 Å². The Bertz CT molecular complexity index is 1150. The van der Waals surface area contributed by atoms with Crippen molar-refractivity contribution < 1.29 is 28.6 Å². The van der Waals surface area contributed by atoms with Crippen LogP contribution in [0.5, 0.6) is 17.2 Å². The highest BCUT2D eigenvalue weighted by Crippen LogP contribution is 2.38. The molecule has 0 radical (unpaired) electrons. The van der Waals surface area contributed by atoms with Crippen molar-refractivity contribution in [1.29, 1.82) is 0 Å². The third-order valence-corrected chi connectivity index (χ3v) is 7.44. The molecule has 9 heteroatoms. The van der Waals surface area contributed by atoms with E-state index in [4.69, 9.17) is 14.2 Å². The fourth-order valence-electron chi connectivity index (χ4n) is 5.42. The zero-order chi connectivity index (χ0) is 25.3. The summed E-state index contributed by atoms with van der Waals surface area (Å²) >= 11 is 0. The summed E-state index contributed by atoms with van der Waals surface area (Å²) in [6.45, 7) is 5.03. The second-order valence-corrected chi connectivity index (χ2v) is 9.51. The van der Waals surface area contributed by atoms with Crippen molar-refractivity contribution in [3.63, 3.8) is 0 Å². The number of nitrogens with zero attached hydrogens (tertiary/aromatic N) is 2. The van der Waals surface area contributed by atoms with Crippen LogP contribution in [-0.2, 0) is 16.1 Å². The van der Waals surface area contributed by atoms with Crippen molar-refractivity contribution in [3.05, 3.63) is 54.1 Å². The number of carbonyl (C=O) groups excluding carboxylic acids is 3. The average Bonchev–Trinajstić information content (AvgIpc) is 3.47. The van der Waals surface area contributed by atoms with Crippen LogP contribution in [-0.4, -0.2) is 59.2 Å². The molecular formula is C27H31N3O6. The van der Waals surface area contributed by atoms with E-state index in [2.05, 4.69) is 5.32 Å². The van der Waals surface area contributed by atoms with E-state index in [0.717, 1.165) is 5.56 Å². The Labute approximate surface area is 210 Å². The molecule has 2 atom stereocenters. The minimum Gasteiger partial charge on any atom is -0.481 e. The number of hydrogen-bond donors (Lipinski definition) is 1. The second kappa shape index (κ2) is 9.72. The van der Waals surface area contributed by atoms with E-state index in [-0.39, 0.29) is 37.1 Å². The van der Waals surface area contributed by atoms with Gasteiger partial charge in [-0.05, 0) is 61.9 Å². The number of ether oxygens (including phenoxy) is 3. The lowest BCUT2D eigenvalue weighted by Gasteiger charge is -2.41. The van der Waals surface area contributed by atoms with Gasteiger partial charge in [0, 0.05) is 13.1 Å². The molecule has 5 rings (SSSR count). The number of piperidine rings is 1. The lowest BCUT2D eigenvalue weighted by atomic mass is 9.75. The van der Waals surface area contributed by atoms with E-state index in [9.17, 15) is 14.4 Å². The summed E-state index contributed by atoms with van der Waals surface area (Å²) < 4.78 is 16.6. The van der Waals surface area contributed by atoms with Gasteiger partial charge in [-0.15, -0.1) is 0 Å². The first-order valence-corrected chi connectivity index (χ1v) is 12.4. The third kappa shape index (κ3) is 4.34. The van der Waals surface area contributed by atoms with E-state index in [0.29, 0.717) is 49.6 Å². The topological polar surface area (TPSA) is 97.4 Å². The Balaban J connectivity index is 1.22. The highest BCUT2D eigenvalue weighted by atomic mass is 16.7. The molecule has 0 unspecified atom stereocenters. The molecule has 0 aliphatic carbocycles. The number of rotatable bonds is 7. The van der Waals surface area contributed by atoms with Crippen LogP contribution in [0.3, 0.4) is 0 Å². The third-order valence-electron chi connectivity index (χ3n) is 7.44. The molecule has 0 saturated carbocycles. The Morgan fingerprint density at radius 1 is 1.11 bits per heavy atom. The van der Waals surface area contributed by atoms with Gasteiger partial charge in [0.1, 0.15) is 11.3 Å². The molecule has 3 aliphatic rings. The zero-order valence-electron chi connectivity index (χ0n) is 20.6.